The highest BCUT2D eigenvalue weighted by Crippen LogP contribution is 2.88. The van der Waals surface area contributed by atoms with Crippen LogP contribution in [0, 0.1) is 50.7 Å². The lowest BCUT2D eigenvalue weighted by Gasteiger charge is -2.37. The van der Waals surface area contributed by atoms with Crippen molar-refractivity contribution >= 4 is 39.2 Å². The number of carbonyl (C=O) groups is 5. The fraction of sp³-hybridized carbons (Fsp3) is 0.872. The minimum Gasteiger partial charge on any atom is -0.363 e. The van der Waals surface area contributed by atoms with Crippen LogP contribution in [0.2, 0.25) is 0 Å². The molecule has 0 aromatic heterocycles. The van der Waals surface area contributed by atoms with Gasteiger partial charge in [0, 0.05) is 56.1 Å². The van der Waals surface area contributed by atoms with Gasteiger partial charge in [0.15, 0.2) is 5.78 Å². The summed E-state index contributed by atoms with van der Waals surface area (Å²) in [4.78, 5) is 70.0. The molecule has 10 nitrogen and oxygen atoms in total. The number of Topliss-reactive ketones (excluding diaryl/α,β-unsaturated/α-hetero) is 3. The quantitative estimate of drug-likeness (QED) is 0.239. The first-order valence-electron chi connectivity index (χ1n) is 19.1. The van der Waals surface area contributed by atoms with E-state index in [2.05, 4.69) is 13.8 Å². The van der Waals surface area contributed by atoms with Gasteiger partial charge in [-0.1, -0.05) is 81.1 Å². The SMILES string of the molecule is CC(C)(C)[C@H](CC(=O)C[C@H](C(=O)N1C[C@]2(C[C@H]1C(=O)CC(CC1CCC1)C(=O)C(N)=O)C(C)(C)C21CCC1)C(C)(C)C)CN1CCCS1(=O)=O. The lowest BCUT2D eigenvalue weighted by molar-refractivity contribution is -0.147. The van der Waals surface area contributed by atoms with Crippen LogP contribution in [0.15, 0.2) is 0 Å². The number of ketones is 3. The Bertz CT molecular complexity index is 1500. The Hall–Kier alpha value is -2.14. The van der Waals surface area contributed by atoms with Crippen molar-refractivity contribution in [3.8, 4) is 0 Å². The van der Waals surface area contributed by atoms with Crippen LogP contribution in [-0.4, -0.2) is 78.2 Å². The molecule has 50 heavy (non-hydrogen) atoms. The summed E-state index contributed by atoms with van der Waals surface area (Å²) in [6.45, 7) is 17.6. The van der Waals surface area contributed by atoms with Crippen molar-refractivity contribution in [2.45, 2.75) is 138 Å². The lowest BCUT2D eigenvalue weighted by Crippen LogP contribution is -2.48. The molecule has 5 rings (SSSR count). The molecular weight excluding hydrogens is 655 g/mol. The molecule has 11 heteroatoms. The van der Waals surface area contributed by atoms with Gasteiger partial charge in [0.25, 0.3) is 5.91 Å². The van der Waals surface area contributed by atoms with Crippen molar-refractivity contribution in [2.24, 2.45) is 56.5 Å². The van der Waals surface area contributed by atoms with Crippen molar-refractivity contribution in [3.05, 3.63) is 0 Å². The van der Waals surface area contributed by atoms with Crippen molar-refractivity contribution in [1.82, 2.24) is 9.21 Å². The van der Waals surface area contributed by atoms with Gasteiger partial charge in [-0.05, 0) is 65.6 Å². The summed E-state index contributed by atoms with van der Waals surface area (Å²) < 4.78 is 26.8. The van der Waals surface area contributed by atoms with Crippen LogP contribution in [0.5, 0.6) is 0 Å². The summed E-state index contributed by atoms with van der Waals surface area (Å²) in [6, 6.07) is -0.728. The smallest absolute Gasteiger partial charge is 0.285 e. The lowest BCUT2D eigenvalue weighted by atomic mass is 9.73. The molecule has 0 radical (unpaired) electrons. The van der Waals surface area contributed by atoms with Gasteiger partial charge in [-0.2, -0.15) is 0 Å². The minimum absolute atomic E-state index is 0.00504. The molecule has 0 aromatic carbocycles. The zero-order valence-corrected chi connectivity index (χ0v) is 32.8. The number of likely N-dealkylation sites (tertiary alicyclic amines) is 1. The Balaban J connectivity index is 1.39. The highest BCUT2D eigenvalue weighted by molar-refractivity contribution is 7.89. The normalized spacial score (nSPS) is 28.9. The molecule has 3 saturated carbocycles. The second-order valence-corrected chi connectivity index (χ2v) is 21.5. The fourth-order valence-corrected chi connectivity index (χ4v) is 12.0. The molecule has 2 heterocycles. The average molecular weight is 718 g/mol. The van der Waals surface area contributed by atoms with Crippen molar-refractivity contribution in [2.75, 3.05) is 25.4 Å². The number of carbonyl (C=O) groups excluding carboxylic acids is 5. The molecule has 282 valence electrons. The number of sulfonamides is 1. The first-order valence-corrected chi connectivity index (χ1v) is 20.7. The molecule has 2 N–H and O–H groups in total. The largest absolute Gasteiger partial charge is 0.363 e. The Morgan fingerprint density at radius 1 is 0.860 bits per heavy atom. The first-order chi connectivity index (χ1) is 23.0. The molecule has 2 saturated heterocycles. The Kier molecular flexibility index (Phi) is 10.4. The Morgan fingerprint density at radius 2 is 1.50 bits per heavy atom. The molecule has 2 amide bonds. The predicted molar refractivity (Wildman–Crippen MR) is 192 cm³/mol. The van der Waals surface area contributed by atoms with Crippen molar-refractivity contribution < 1.29 is 32.4 Å². The number of nitrogens with two attached hydrogens (primary N) is 1. The number of hydrogen-bond acceptors (Lipinski definition) is 7. The van der Waals surface area contributed by atoms with Gasteiger partial charge < -0.3 is 10.6 Å². The third-order valence-corrected chi connectivity index (χ3v) is 16.4. The third-order valence-electron chi connectivity index (χ3n) is 14.5. The van der Waals surface area contributed by atoms with E-state index in [-0.39, 0.29) is 76.6 Å². The summed E-state index contributed by atoms with van der Waals surface area (Å²) in [7, 11) is -3.33. The monoisotopic (exact) mass is 717 g/mol. The summed E-state index contributed by atoms with van der Waals surface area (Å²) in [5.41, 5.74) is 4.34. The van der Waals surface area contributed by atoms with E-state index in [4.69, 9.17) is 5.73 Å². The van der Waals surface area contributed by atoms with Crippen LogP contribution in [0.25, 0.3) is 0 Å². The van der Waals surface area contributed by atoms with Gasteiger partial charge in [0.1, 0.15) is 5.78 Å². The molecular formula is C39H63N3O7S. The number of hydrogen-bond donors (Lipinski definition) is 1. The van der Waals surface area contributed by atoms with Crippen LogP contribution in [-0.2, 0) is 34.0 Å². The topological polar surface area (TPSA) is 152 Å². The van der Waals surface area contributed by atoms with E-state index >= 15 is 0 Å². The van der Waals surface area contributed by atoms with Gasteiger partial charge in [0.05, 0.1) is 11.8 Å². The Morgan fingerprint density at radius 3 is 1.94 bits per heavy atom. The van der Waals surface area contributed by atoms with Crippen LogP contribution >= 0.6 is 0 Å². The number of fused-ring (bicyclic) bond motifs is 1. The van der Waals surface area contributed by atoms with E-state index in [1.807, 2.05) is 41.5 Å². The maximum absolute atomic E-state index is 14.9. The summed E-state index contributed by atoms with van der Waals surface area (Å²) in [5, 5.41) is 0. The van der Waals surface area contributed by atoms with Gasteiger partial charge in [0.2, 0.25) is 21.7 Å². The van der Waals surface area contributed by atoms with E-state index < -0.39 is 45.0 Å². The highest BCUT2D eigenvalue weighted by Gasteiger charge is 2.85. The minimum atomic E-state index is -3.33. The zero-order valence-electron chi connectivity index (χ0n) is 31.9. The molecule has 1 unspecified atom stereocenters. The molecule has 0 bridgehead atoms. The van der Waals surface area contributed by atoms with Gasteiger partial charge >= 0.3 is 0 Å². The standard InChI is InChI=1S/C39H63N3O7S/c1-35(2,3)27(23-41-16-11-17-50(41,48)49)20-28(43)21-29(36(4,5)6)34(47)42-24-39(37(7,8)38(39)14-10-15-38)22-30(42)31(44)19-26(32(45)33(40)46)18-25-12-9-13-25/h25-27,29-30H,9-24H2,1-8H3,(H2,40,46)/t26?,27-,29-,30+,39-/m1/s1. The van der Waals surface area contributed by atoms with Crippen molar-refractivity contribution in [1.29, 1.82) is 0 Å². The predicted octanol–water partition coefficient (Wildman–Crippen LogP) is 5.31. The molecule has 3 aliphatic carbocycles. The van der Waals surface area contributed by atoms with Crippen LogP contribution < -0.4 is 5.73 Å². The number of primary amides is 1. The molecule has 5 fully saturated rings. The van der Waals surface area contributed by atoms with Gasteiger partial charge in [-0.3, -0.25) is 24.0 Å². The molecule has 5 aliphatic rings. The fourth-order valence-electron chi connectivity index (χ4n) is 10.4. The van der Waals surface area contributed by atoms with Gasteiger partial charge in [-0.15, -0.1) is 0 Å². The van der Waals surface area contributed by atoms with Crippen molar-refractivity contribution in [3.63, 3.8) is 0 Å². The van der Waals surface area contributed by atoms with Crippen LogP contribution in [0.1, 0.15) is 132 Å². The number of nitrogens with zero attached hydrogens (tertiary/aromatic N) is 2. The Labute approximate surface area is 300 Å². The van der Waals surface area contributed by atoms with E-state index in [0.717, 1.165) is 38.5 Å². The molecule has 2 aliphatic heterocycles. The molecule has 2 spiro atoms. The zero-order chi connectivity index (χ0) is 37.2. The first kappa shape index (κ1) is 39.1. The van der Waals surface area contributed by atoms with E-state index in [1.54, 1.807) is 4.90 Å². The van der Waals surface area contributed by atoms with Crippen LogP contribution in [0.4, 0.5) is 0 Å². The van der Waals surface area contributed by atoms with E-state index in [9.17, 15) is 32.4 Å². The maximum atomic E-state index is 14.9. The second-order valence-electron chi connectivity index (χ2n) is 19.4. The summed E-state index contributed by atoms with van der Waals surface area (Å²) in [6.07, 6.45) is 7.90. The highest BCUT2D eigenvalue weighted by atomic mass is 32.2. The number of rotatable bonds is 14. The maximum Gasteiger partial charge on any atom is 0.285 e. The third kappa shape index (κ3) is 6.88. The van der Waals surface area contributed by atoms with E-state index in [1.165, 1.54) is 4.31 Å². The van der Waals surface area contributed by atoms with Crippen LogP contribution in [0.3, 0.4) is 0 Å². The number of amides is 2. The molecule has 0 aromatic rings. The molecule has 5 atom stereocenters. The van der Waals surface area contributed by atoms with E-state index in [0.29, 0.717) is 38.3 Å². The summed E-state index contributed by atoms with van der Waals surface area (Å²) >= 11 is 0. The average Bonchev–Trinajstić information content (AvgIpc) is 3.25. The second kappa shape index (κ2) is 13.4. The van der Waals surface area contributed by atoms with Gasteiger partial charge in [-0.25, -0.2) is 12.7 Å². The summed E-state index contributed by atoms with van der Waals surface area (Å²) in [5.74, 6) is -3.45.